The number of amides is 1. The summed E-state index contributed by atoms with van der Waals surface area (Å²) < 4.78 is 0. The van der Waals surface area contributed by atoms with Crippen molar-refractivity contribution in [2.45, 2.75) is 31.7 Å². The maximum absolute atomic E-state index is 13.0. The zero-order chi connectivity index (χ0) is 16.5. The molecule has 0 saturated carbocycles. The molecule has 122 valence electrons. The van der Waals surface area contributed by atoms with E-state index in [1.165, 1.54) is 0 Å². The number of aromatic nitrogens is 2. The minimum Gasteiger partial charge on any atom is -0.340 e. The van der Waals surface area contributed by atoms with E-state index in [9.17, 15) is 4.79 Å². The molecule has 4 nitrogen and oxygen atoms in total. The van der Waals surface area contributed by atoms with Gasteiger partial charge in [0, 0.05) is 6.54 Å². The van der Waals surface area contributed by atoms with Gasteiger partial charge < -0.3 is 9.88 Å². The fourth-order valence-electron chi connectivity index (χ4n) is 3.58. The molecule has 2 atom stereocenters. The van der Waals surface area contributed by atoms with Crippen LogP contribution in [-0.4, -0.2) is 27.3 Å². The number of carbonyl (C=O) groups excluding carboxylic acids is 1. The van der Waals surface area contributed by atoms with Crippen LogP contribution in [0.15, 0.2) is 54.6 Å². The average Bonchev–Trinajstić information content (AvgIpc) is 3.27. The van der Waals surface area contributed by atoms with Crippen LogP contribution < -0.4 is 0 Å². The van der Waals surface area contributed by atoms with E-state index < -0.39 is 0 Å². The van der Waals surface area contributed by atoms with Gasteiger partial charge in [0.25, 0.3) is 0 Å². The lowest BCUT2D eigenvalue weighted by Crippen LogP contribution is -2.34. The number of imidazole rings is 1. The highest BCUT2D eigenvalue weighted by atomic mass is 16.2. The van der Waals surface area contributed by atoms with Crippen LogP contribution in [0, 0.1) is 0 Å². The first-order valence-corrected chi connectivity index (χ1v) is 8.54. The van der Waals surface area contributed by atoms with Gasteiger partial charge in [-0.25, -0.2) is 4.98 Å². The molecule has 0 aliphatic carbocycles. The zero-order valence-corrected chi connectivity index (χ0v) is 13.8. The standard InChI is InChI=1S/C20H21N3O/c1-14(15-8-3-2-4-9-15)20(24)23-13-7-12-18(23)19-21-16-10-5-6-11-17(16)22-19/h2-6,8-11,14,18H,7,12-13H2,1H3,(H,21,22)/t14-,18+/m0/s1. The molecular weight excluding hydrogens is 298 g/mol. The smallest absolute Gasteiger partial charge is 0.230 e. The summed E-state index contributed by atoms with van der Waals surface area (Å²) >= 11 is 0. The third-order valence-electron chi connectivity index (χ3n) is 4.93. The molecule has 4 rings (SSSR count). The summed E-state index contributed by atoms with van der Waals surface area (Å²) in [7, 11) is 0. The van der Waals surface area contributed by atoms with E-state index in [1.807, 2.05) is 66.4 Å². The Hall–Kier alpha value is -2.62. The number of fused-ring (bicyclic) bond motifs is 1. The number of rotatable bonds is 3. The van der Waals surface area contributed by atoms with E-state index in [0.29, 0.717) is 0 Å². The van der Waals surface area contributed by atoms with E-state index in [0.717, 1.165) is 41.8 Å². The topological polar surface area (TPSA) is 49.0 Å². The van der Waals surface area contributed by atoms with Crippen LogP contribution in [0.3, 0.4) is 0 Å². The minimum atomic E-state index is -0.129. The Balaban J connectivity index is 1.61. The molecule has 1 fully saturated rings. The Labute approximate surface area is 141 Å². The highest BCUT2D eigenvalue weighted by molar-refractivity contribution is 5.84. The number of carbonyl (C=O) groups is 1. The highest BCUT2D eigenvalue weighted by Crippen LogP contribution is 2.34. The second-order valence-electron chi connectivity index (χ2n) is 6.46. The molecule has 0 spiro atoms. The van der Waals surface area contributed by atoms with Gasteiger partial charge in [0.15, 0.2) is 0 Å². The third kappa shape index (κ3) is 2.58. The van der Waals surface area contributed by atoms with Gasteiger partial charge in [-0.3, -0.25) is 4.79 Å². The Kier molecular flexibility index (Phi) is 3.81. The molecule has 1 aliphatic heterocycles. The molecule has 0 unspecified atom stereocenters. The van der Waals surface area contributed by atoms with Gasteiger partial charge in [0.2, 0.25) is 5.91 Å². The molecule has 1 N–H and O–H groups in total. The molecule has 1 aliphatic rings. The maximum atomic E-state index is 13.0. The summed E-state index contributed by atoms with van der Waals surface area (Å²) in [4.78, 5) is 23.1. The lowest BCUT2D eigenvalue weighted by atomic mass is 9.99. The summed E-state index contributed by atoms with van der Waals surface area (Å²) in [5.74, 6) is 0.961. The SMILES string of the molecule is C[C@H](C(=O)N1CCC[C@@H]1c1nc2ccccc2[nH]1)c1ccccc1. The Morgan fingerprint density at radius 1 is 1.17 bits per heavy atom. The quantitative estimate of drug-likeness (QED) is 0.792. The number of nitrogens with zero attached hydrogens (tertiary/aromatic N) is 2. The molecule has 0 bridgehead atoms. The van der Waals surface area contributed by atoms with E-state index in [2.05, 4.69) is 4.98 Å². The number of aromatic amines is 1. The first kappa shape index (κ1) is 14.9. The van der Waals surface area contributed by atoms with Crippen molar-refractivity contribution in [1.82, 2.24) is 14.9 Å². The minimum absolute atomic E-state index is 0.0519. The number of hydrogen-bond donors (Lipinski definition) is 1. The molecule has 1 amide bonds. The maximum Gasteiger partial charge on any atom is 0.230 e. The number of para-hydroxylation sites is 2. The van der Waals surface area contributed by atoms with Crippen molar-refractivity contribution in [3.63, 3.8) is 0 Å². The molecule has 0 radical (unpaired) electrons. The lowest BCUT2D eigenvalue weighted by molar-refractivity contribution is -0.133. The summed E-state index contributed by atoms with van der Waals surface area (Å²) in [6, 6.07) is 18.1. The van der Waals surface area contributed by atoms with Crippen LogP contribution in [0.4, 0.5) is 0 Å². The first-order valence-electron chi connectivity index (χ1n) is 8.54. The summed E-state index contributed by atoms with van der Waals surface area (Å²) in [5.41, 5.74) is 3.06. The fraction of sp³-hybridized carbons (Fsp3) is 0.300. The van der Waals surface area contributed by atoms with Crippen LogP contribution in [0.25, 0.3) is 11.0 Å². The highest BCUT2D eigenvalue weighted by Gasteiger charge is 2.34. The van der Waals surface area contributed by atoms with E-state index in [4.69, 9.17) is 4.98 Å². The van der Waals surface area contributed by atoms with Gasteiger partial charge in [-0.2, -0.15) is 0 Å². The first-order chi connectivity index (χ1) is 11.7. The number of benzene rings is 2. The number of nitrogens with one attached hydrogen (secondary N) is 1. The van der Waals surface area contributed by atoms with Crippen molar-refractivity contribution >= 4 is 16.9 Å². The molecule has 2 aromatic carbocycles. The van der Waals surface area contributed by atoms with Gasteiger partial charge in [-0.15, -0.1) is 0 Å². The van der Waals surface area contributed by atoms with Crippen LogP contribution in [0.2, 0.25) is 0 Å². The van der Waals surface area contributed by atoms with Crippen molar-refractivity contribution in [1.29, 1.82) is 0 Å². The summed E-state index contributed by atoms with van der Waals surface area (Å²) in [5, 5.41) is 0. The number of hydrogen-bond acceptors (Lipinski definition) is 2. The second kappa shape index (κ2) is 6.11. The molecule has 1 saturated heterocycles. The Bertz CT molecular complexity index is 822. The van der Waals surface area contributed by atoms with E-state index >= 15 is 0 Å². The van der Waals surface area contributed by atoms with Crippen LogP contribution >= 0.6 is 0 Å². The van der Waals surface area contributed by atoms with Crippen LogP contribution in [0.5, 0.6) is 0 Å². The largest absolute Gasteiger partial charge is 0.340 e. The Morgan fingerprint density at radius 3 is 2.71 bits per heavy atom. The zero-order valence-electron chi connectivity index (χ0n) is 13.8. The van der Waals surface area contributed by atoms with Crippen molar-refractivity contribution in [3.8, 4) is 0 Å². The van der Waals surface area contributed by atoms with Gasteiger partial charge in [-0.05, 0) is 37.5 Å². The van der Waals surface area contributed by atoms with Gasteiger partial charge in [-0.1, -0.05) is 42.5 Å². The molecule has 3 aromatic rings. The summed E-state index contributed by atoms with van der Waals surface area (Å²) in [6.07, 6.45) is 1.99. The van der Waals surface area contributed by atoms with E-state index in [-0.39, 0.29) is 17.9 Å². The van der Waals surface area contributed by atoms with Gasteiger partial charge in [0.05, 0.1) is 23.0 Å². The van der Waals surface area contributed by atoms with Crippen molar-refractivity contribution in [2.75, 3.05) is 6.54 Å². The number of likely N-dealkylation sites (tertiary alicyclic amines) is 1. The van der Waals surface area contributed by atoms with Crippen LogP contribution in [-0.2, 0) is 4.79 Å². The van der Waals surface area contributed by atoms with E-state index in [1.54, 1.807) is 0 Å². The molecular formula is C20H21N3O. The monoisotopic (exact) mass is 319 g/mol. The number of H-pyrrole nitrogens is 1. The third-order valence-corrected chi connectivity index (χ3v) is 4.93. The molecule has 24 heavy (non-hydrogen) atoms. The van der Waals surface area contributed by atoms with Gasteiger partial charge >= 0.3 is 0 Å². The van der Waals surface area contributed by atoms with Crippen molar-refractivity contribution < 1.29 is 4.79 Å². The normalized spacial score (nSPS) is 18.9. The second-order valence-corrected chi connectivity index (χ2v) is 6.46. The van der Waals surface area contributed by atoms with Crippen molar-refractivity contribution in [2.24, 2.45) is 0 Å². The Morgan fingerprint density at radius 2 is 1.92 bits per heavy atom. The predicted molar refractivity (Wildman–Crippen MR) is 94.6 cm³/mol. The average molecular weight is 319 g/mol. The molecule has 1 aromatic heterocycles. The predicted octanol–water partition coefficient (Wildman–Crippen LogP) is 4.03. The van der Waals surface area contributed by atoms with Crippen LogP contribution in [0.1, 0.15) is 43.1 Å². The summed E-state index contributed by atoms with van der Waals surface area (Å²) in [6.45, 7) is 2.80. The van der Waals surface area contributed by atoms with Crippen molar-refractivity contribution in [3.05, 3.63) is 66.0 Å². The fourth-order valence-corrected chi connectivity index (χ4v) is 3.58. The van der Waals surface area contributed by atoms with Gasteiger partial charge in [0.1, 0.15) is 5.82 Å². The molecule has 2 heterocycles. The molecule has 4 heteroatoms. The lowest BCUT2D eigenvalue weighted by Gasteiger charge is -2.26.